The van der Waals surface area contributed by atoms with Gasteiger partial charge in [0.15, 0.2) is 0 Å². The van der Waals surface area contributed by atoms with Crippen molar-refractivity contribution in [1.82, 2.24) is 0 Å². The second kappa shape index (κ2) is 9.06. The second-order valence-electron chi connectivity index (χ2n) is 8.54. The summed E-state index contributed by atoms with van der Waals surface area (Å²) < 4.78 is 40.3. The highest BCUT2D eigenvalue weighted by atomic mass is 32.2. The van der Waals surface area contributed by atoms with Gasteiger partial charge in [-0.15, -0.1) is 0 Å². The van der Waals surface area contributed by atoms with E-state index in [2.05, 4.69) is 34.3 Å². The van der Waals surface area contributed by atoms with E-state index in [1.54, 1.807) is 37.4 Å². The molecule has 1 aliphatic carbocycles. The van der Waals surface area contributed by atoms with Gasteiger partial charge in [0.25, 0.3) is 10.0 Å². The van der Waals surface area contributed by atoms with Crippen LogP contribution in [0.3, 0.4) is 0 Å². The smallest absolute Gasteiger partial charge is 0.262 e. The van der Waals surface area contributed by atoms with Crippen molar-refractivity contribution in [1.29, 1.82) is 0 Å². The number of benzene rings is 3. The summed E-state index contributed by atoms with van der Waals surface area (Å²) in [7, 11) is -2.12. The molecule has 7 heteroatoms. The minimum atomic E-state index is -3.79. The molecule has 0 unspecified atom stereocenters. The van der Waals surface area contributed by atoms with Crippen LogP contribution < -0.4 is 19.5 Å². The molecular weight excluding hydrogens is 448 g/mol. The molecule has 0 saturated carbocycles. The first-order chi connectivity index (χ1) is 16.5. The summed E-state index contributed by atoms with van der Waals surface area (Å²) in [5, 5.41) is 3.66. The van der Waals surface area contributed by atoms with Crippen LogP contribution in [0.1, 0.15) is 36.4 Å². The van der Waals surface area contributed by atoms with Gasteiger partial charge in [-0.25, -0.2) is 8.42 Å². The third-order valence-electron chi connectivity index (χ3n) is 6.53. The number of methoxy groups -OCH3 is 1. The van der Waals surface area contributed by atoms with E-state index in [0.29, 0.717) is 24.0 Å². The van der Waals surface area contributed by atoms with Crippen LogP contribution >= 0.6 is 0 Å². The van der Waals surface area contributed by atoms with Gasteiger partial charge in [0.2, 0.25) is 0 Å². The fourth-order valence-corrected chi connectivity index (χ4v) is 6.05. The van der Waals surface area contributed by atoms with Crippen molar-refractivity contribution in [2.45, 2.75) is 30.2 Å². The maximum atomic E-state index is 13.3. The third-order valence-corrected chi connectivity index (χ3v) is 7.89. The average molecular weight is 477 g/mol. The Bertz CT molecular complexity index is 1340. The summed E-state index contributed by atoms with van der Waals surface area (Å²) in [6.45, 7) is 2.32. The molecule has 1 aliphatic heterocycles. The number of allylic oxidation sites excluding steroid dienone is 2. The van der Waals surface area contributed by atoms with Gasteiger partial charge in [-0.1, -0.05) is 36.4 Å². The number of hydrogen-bond donors (Lipinski definition) is 2. The first-order valence-corrected chi connectivity index (χ1v) is 12.9. The van der Waals surface area contributed by atoms with E-state index >= 15 is 0 Å². The zero-order valence-electron chi connectivity index (χ0n) is 19.2. The van der Waals surface area contributed by atoms with Crippen LogP contribution in [-0.4, -0.2) is 22.1 Å². The number of anilines is 2. The van der Waals surface area contributed by atoms with E-state index < -0.39 is 10.0 Å². The molecule has 0 aromatic heterocycles. The van der Waals surface area contributed by atoms with Crippen molar-refractivity contribution in [3.8, 4) is 11.5 Å². The predicted molar refractivity (Wildman–Crippen MR) is 134 cm³/mol. The Morgan fingerprint density at radius 3 is 2.74 bits per heavy atom. The molecule has 0 saturated heterocycles. The van der Waals surface area contributed by atoms with Crippen LogP contribution in [0, 0.1) is 5.92 Å². The van der Waals surface area contributed by atoms with Crippen LogP contribution in [0.25, 0.3) is 0 Å². The van der Waals surface area contributed by atoms with Gasteiger partial charge in [0.1, 0.15) is 11.5 Å². The van der Waals surface area contributed by atoms with E-state index in [1.165, 1.54) is 0 Å². The Hall–Kier alpha value is -3.45. The van der Waals surface area contributed by atoms with Gasteiger partial charge in [0.05, 0.1) is 30.3 Å². The van der Waals surface area contributed by atoms with Gasteiger partial charge in [0, 0.05) is 11.6 Å². The van der Waals surface area contributed by atoms with E-state index in [9.17, 15) is 8.42 Å². The fraction of sp³-hybridized carbons (Fsp3) is 0.259. The molecule has 0 bridgehead atoms. The molecule has 34 heavy (non-hydrogen) atoms. The molecular formula is C27H28N2O4S. The third kappa shape index (κ3) is 4.12. The van der Waals surface area contributed by atoms with Crippen molar-refractivity contribution in [3.63, 3.8) is 0 Å². The van der Waals surface area contributed by atoms with E-state index in [4.69, 9.17) is 9.47 Å². The lowest BCUT2D eigenvalue weighted by Gasteiger charge is -2.37. The molecule has 5 rings (SSSR count). The molecule has 3 atom stereocenters. The molecule has 2 N–H and O–H groups in total. The SMILES string of the molecule is CCOc1ccccc1NS(=O)(=O)c1ccc2c(c1)[C@H]1C=CC[C@H]1[C@@H](c1cccc(OC)c1)N2. The second-order valence-corrected chi connectivity index (χ2v) is 10.2. The Kier molecular flexibility index (Phi) is 5.96. The Morgan fingerprint density at radius 2 is 1.91 bits per heavy atom. The molecule has 0 amide bonds. The number of para-hydroxylation sites is 2. The highest BCUT2D eigenvalue weighted by Crippen LogP contribution is 2.50. The minimum absolute atomic E-state index is 0.112. The van der Waals surface area contributed by atoms with E-state index in [1.807, 2.05) is 31.2 Å². The van der Waals surface area contributed by atoms with E-state index in [-0.39, 0.29) is 16.9 Å². The quantitative estimate of drug-likeness (QED) is 0.427. The maximum absolute atomic E-state index is 13.3. The summed E-state index contributed by atoms with van der Waals surface area (Å²) in [4.78, 5) is 0.234. The summed E-state index contributed by atoms with van der Waals surface area (Å²) >= 11 is 0. The lowest BCUT2D eigenvalue weighted by Crippen LogP contribution is -2.29. The standard InChI is InChI=1S/C27H28N2O4S/c1-3-33-26-13-5-4-12-25(26)29-34(30,31)20-14-15-24-23(17-20)21-10-7-11-22(21)27(28-24)18-8-6-9-19(16-18)32-2/h4-10,12-17,21-22,27-29H,3,11H2,1-2H3/t21-,22+,27+/m0/s1. The molecule has 3 aromatic rings. The van der Waals surface area contributed by atoms with Gasteiger partial charge >= 0.3 is 0 Å². The normalized spacial score (nSPS) is 20.7. The molecule has 1 heterocycles. The topological polar surface area (TPSA) is 76.7 Å². The lowest BCUT2D eigenvalue weighted by molar-refractivity contribution is 0.342. The predicted octanol–water partition coefficient (Wildman–Crippen LogP) is 5.72. The van der Waals surface area contributed by atoms with Crippen LogP contribution in [0.4, 0.5) is 11.4 Å². The number of rotatable bonds is 7. The van der Waals surface area contributed by atoms with Crippen molar-refractivity contribution in [2.75, 3.05) is 23.8 Å². The highest BCUT2D eigenvalue weighted by Gasteiger charge is 2.38. The van der Waals surface area contributed by atoms with E-state index in [0.717, 1.165) is 29.0 Å². The lowest BCUT2D eigenvalue weighted by atomic mass is 9.77. The highest BCUT2D eigenvalue weighted by molar-refractivity contribution is 7.92. The zero-order valence-corrected chi connectivity index (χ0v) is 20.0. The average Bonchev–Trinajstić information content (AvgIpc) is 3.35. The summed E-state index contributed by atoms with van der Waals surface area (Å²) in [6, 6.07) is 20.6. The van der Waals surface area contributed by atoms with Gasteiger partial charge in [-0.05, 0) is 72.9 Å². The van der Waals surface area contributed by atoms with Crippen molar-refractivity contribution in [2.24, 2.45) is 5.92 Å². The molecule has 0 spiro atoms. The Balaban J connectivity index is 1.47. The van der Waals surface area contributed by atoms with Crippen molar-refractivity contribution >= 4 is 21.4 Å². The number of nitrogens with one attached hydrogen (secondary N) is 2. The summed E-state index contributed by atoms with van der Waals surface area (Å²) in [6.07, 6.45) is 5.32. The minimum Gasteiger partial charge on any atom is -0.497 e. The summed E-state index contributed by atoms with van der Waals surface area (Å²) in [5.41, 5.74) is 3.54. The van der Waals surface area contributed by atoms with Crippen LogP contribution in [-0.2, 0) is 10.0 Å². The number of ether oxygens (including phenoxy) is 2. The number of hydrogen-bond acceptors (Lipinski definition) is 5. The molecule has 0 fully saturated rings. The molecule has 3 aromatic carbocycles. The first kappa shape index (κ1) is 22.3. The first-order valence-electron chi connectivity index (χ1n) is 11.5. The van der Waals surface area contributed by atoms with Crippen LogP contribution in [0.5, 0.6) is 11.5 Å². The van der Waals surface area contributed by atoms with Crippen molar-refractivity contribution in [3.05, 3.63) is 90.0 Å². The monoisotopic (exact) mass is 476 g/mol. The Morgan fingerprint density at radius 1 is 1.06 bits per heavy atom. The fourth-order valence-electron chi connectivity index (χ4n) is 4.94. The number of fused-ring (bicyclic) bond motifs is 3. The molecule has 176 valence electrons. The van der Waals surface area contributed by atoms with Gasteiger partial charge in [-0.3, -0.25) is 4.72 Å². The van der Waals surface area contributed by atoms with Crippen LogP contribution in [0.15, 0.2) is 83.8 Å². The zero-order chi connectivity index (χ0) is 23.7. The molecule has 2 aliphatic rings. The Labute approximate surface area is 200 Å². The van der Waals surface area contributed by atoms with Crippen LogP contribution in [0.2, 0.25) is 0 Å². The molecule has 6 nitrogen and oxygen atoms in total. The maximum Gasteiger partial charge on any atom is 0.262 e. The number of sulfonamides is 1. The van der Waals surface area contributed by atoms with Gasteiger partial charge < -0.3 is 14.8 Å². The summed E-state index contributed by atoms with van der Waals surface area (Å²) in [5.74, 6) is 1.77. The molecule has 0 radical (unpaired) electrons. The van der Waals surface area contributed by atoms with Crippen molar-refractivity contribution < 1.29 is 17.9 Å². The largest absolute Gasteiger partial charge is 0.497 e. The van der Waals surface area contributed by atoms with Gasteiger partial charge in [-0.2, -0.15) is 0 Å².